The maximum absolute atomic E-state index is 12.2. The van der Waals surface area contributed by atoms with Gasteiger partial charge in [-0.1, -0.05) is 6.07 Å². The molecule has 20 heavy (non-hydrogen) atoms. The summed E-state index contributed by atoms with van der Waals surface area (Å²) in [7, 11) is 3.78. The molecule has 2 aromatic rings. The number of carbonyl (C=O) groups is 1. The Morgan fingerprint density at radius 2 is 2.25 bits per heavy atom. The first-order chi connectivity index (χ1) is 9.63. The molecule has 2 rings (SSSR count). The van der Waals surface area contributed by atoms with Crippen molar-refractivity contribution in [2.75, 3.05) is 20.7 Å². The first kappa shape index (κ1) is 14.7. The van der Waals surface area contributed by atoms with Crippen LogP contribution < -0.4 is 0 Å². The van der Waals surface area contributed by atoms with Crippen LogP contribution in [0.3, 0.4) is 0 Å². The minimum absolute atomic E-state index is 0.317. The molecule has 0 atom stereocenters. The average molecular weight is 308 g/mol. The second-order valence-corrected chi connectivity index (χ2v) is 6.04. The van der Waals surface area contributed by atoms with Crippen molar-refractivity contribution in [3.05, 3.63) is 28.5 Å². The van der Waals surface area contributed by atoms with E-state index in [1.54, 1.807) is 24.6 Å². The maximum atomic E-state index is 12.2. The van der Waals surface area contributed by atoms with Crippen molar-refractivity contribution in [1.82, 2.24) is 4.90 Å². The fourth-order valence-corrected chi connectivity index (χ4v) is 3.34. The zero-order valence-electron chi connectivity index (χ0n) is 11.6. The topological polar surface area (TPSA) is 41.9 Å². The van der Waals surface area contributed by atoms with Gasteiger partial charge >= 0.3 is 5.97 Å². The van der Waals surface area contributed by atoms with Crippen molar-refractivity contribution >= 4 is 40.0 Å². The van der Waals surface area contributed by atoms with Crippen LogP contribution in [0.2, 0.25) is 0 Å². The zero-order chi connectivity index (χ0) is 14.5. The Hall–Kier alpha value is -1.66. The maximum Gasteiger partial charge on any atom is 0.341 e. The van der Waals surface area contributed by atoms with Crippen LogP contribution in [-0.4, -0.2) is 37.9 Å². The van der Waals surface area contributed by atoms with Crippen molar-refractivity contribution in [3.8, 4) is 10.4 Å². The van der Waals surface area contributed by atoms with Crippen LogP contribution in [0.4, 0.5) is 5.00 Å². The molecule has 0 aliphatic carbocycles. The molecule has 0 bridgehead atoms. The van der Waals surface area contributed by atoms with Gasteiger partial charge in [0.05, 0.1) is 12.9 Å². The molecule has 0 aliphatic rings. The number of esters is 1. The van der Waals surface area contributed by atoms with E-state index in [2.05, 4.69) is 4.99 Å². The Balaban J connectivity index is 2.45. The summed E-state index contributed by atoms with van der Waals surface area (Å²) in [5.41, 5.74) is 1.45. The van der Waals surface area contributed by atoms with Crippen molar-refractivity contribution in [3.63, 3.8) is 0 Å². The summed E-state index contributed by atoms with van der Waals surface area (Å²) in [4.78, 5) is 19.4. The minimum atomic E-state index is -0.317. The number of nitrogens with zero attached hydrogens (tertiary/aromatic N) is 2. The highest BCUT2D eigenvalue weighted by Crippen LogP contribution is 2.39. The smallest absolute Gasteiger partial charge is 0.341 e. The Kier molecular flexibility index (Phi) is 4.92. The van der Waals surface area contributed by atoms with Gasteiger partial charge in [0.2, 0.25) is 0 Å². The predicted molar refractivity (Wildman–Crippen MR) is 85.4 cm³/mol. The first-order valence-electron chi connectivity index (χ1n) is 6.16. The molecule has 0 amide bonds. The lowest BCUT2D eigenvalue weighted by molar-refractivity contribution is 0.0529. The Bertz CT molecular complexity index is 601. The number of carbonyl (C=O) groups excluding carboxylic acids is 1. The number of hydrogen-bond acceptors (Lipinski definition) is 5. The third-order valence-corrected chi connectivity index (χ3v) is 4.23. The second kappa shape index (κ2) is 6.67. The molecule has 0 spiro atoms. The van der Waals surface area contributed by atoms with Gasteiger partial charge in [0.1, 0.15) is 10.6 Å². The van der Waals surface area contributed by atoms with E-state index in [-0.39, 0.29) is 5.97 Å². The summed E-state index contributed by atoms with van der Waals surface area (Å²) >= 11 is 3.05. The lowest BCUT2D eigenvalue weighted by atomic mass is 10.1. The molecular formula is C14H16N2O2S2. The lowest BCUT2D eigenvalue weighted by Gasteiger charge is -2.05. The third-order valence-electron chi connectivity index (χ3n) is 2.44. The van der Waals surface area contributed by atoms with E-state index >= 15 is 0 Å². The minimum Gasteiger partial charge on any atom is -0.462 e. The van der Waals surface area contributed by atoms with Crippen molar-refractivity contribution in [2.24, 2.45) is 4.99 Å². The highest BCUT2D eigenvalue weighted by atomic mass is 32.1. The van der Waals surface area contributed by atoms with Gasteiger partial charge in [0.25, 0.3) is 0 Å². The van der Waals surface area contributed by atoms with Crippen LogP contribution in [0, 0.1) is 0 Å². The standard InChI is InChI=1S/C14H16N2O2S2/c1-4-18-14(17)12-10(11-6-5-7-19-11)8-20-13(12)15-9-16(2)3/h5-9H,4H2,1-3H3. The van der Waals surface area contributed by atoms with Crippen molar-refractivity contribution in [1.29, 1.82) is 0 Å². The van der Waals surface area contributed by atoms with E-state index in [0.29, 0.717) is 17.2 Å². The Morgan fingerprint density at radius 3 is 2.85 bits per heavy atom. The average Bonchev–Trinajstić information content (AvgIpc) is 3.05. The summed E-state index contributed by atoms with van der Waals surface area (Å²) in [5.74, 6) is -0.317. The predicted octanol–water partition coefficient (Wildman–Crippen LogP) is 3.87. The van der Waals surface area contributed by atoms with E-state index in [0.717, 1.165) is 10.4 Å². The fourth-order valence-electron chi connectivity index (χ4n) is 1.62. The van der Waals surface area contributed by atoms with Crippen LogP contribution in [0.5, 0.6) is 0 Å². The molecule has 0 fully saturated rings. The van der Waals surface area contributed by atoms with E-state index in [9.17, 15) is 4.79 Å². The molecule has 0 aliphatic heterocycles. The molecule has 106 valence electrons. The van der Waals surface area contributed by atoms with Gasteiger partial charge in [0.15, 0.2) is 0 Å². The molecule has 0 N–H and O–H groups in total. The van der Waals surface area contributed by atoms with Gasteiger partial charge < -0.3 is 9.64 Å². The molecule has 2 aromatic heterocycles. The Morgan fingerprint density at radius 1 is 1.45 bits per heavy atom. The summed E-state index contributed by atoms with van der Waals surface area (Å²) in [5, 5.41) is 4.63. The summed E-state index contributed by atoms with van der Waals surface area (Å²) in [6.07, 6.45) is 1.69. The fraction of sp³-hybridized carbons (Fsp3) is 0.286. The molecular weight excluding hydrogens is 292 g/mol. The summed E-state index contributed by atoms with van der Waals surface area (Å²) in [6, 6.07) is 3.96. The zero-order valence-corrected chi connectivity index (χ0v) is 13.3. The molecule has 0 radical (unpaired) electrons. The van der Waals surface area contributed by atoms with Gasteiger partial charge in [-0.05, 0) is 18.4 Å². The van der Waals surface area contributed by atoms with E-state index < -0.39 is 0 Å². The molecule has 0 aromatic carbocycles. The van der Waals surface area contributed by atoms with Crippen molar-refractivity contribution in [2.45, 2.75) is 6.92 Å². The van der Waals surface area contributed by atoms with Gasteiger partial charge in [-0.25, -0.2) is 9.79 Å². The van der Waals surface area contributed by atoms with Crippen LogP contribution in [0.25, 0.3) is 10.4 Å². The second-order valence-electron chi connectivity index (χ2n) is 4.24. The SMILES string of the molecule is CCOC(=O)c1c(-c2cccs2)csc1N=CN(C)C. The van der Waals surface area contributed by atoms with Crippen LogP contribution >= 0.6 is 22.7 Å². The van der Waals surface area contributed by atoms with Crippen LogP contribution in [0.15, 0.2) is 27.9 Å². The monoisotopic (exact) mass is 308 g/mol. The van der Waals surface area contributed by atoms with E-state index in [1.165, 1.54) is 11.3 Å². The highest BCUT2D eigenvalue weighted by molar-refractivity contribution is 7.16. The van der Waals surface area contributed by atoms with Crippen molar-refractivity contribution < 1.29 is 9.53 Å². The molecule has 4 nitrogen and oxygen atoms in total. The van der Waals surface area contributed by atoms with Crippen LogP contribution in [0.1, 0.15) is 17.3 Å². The molecule has 0 saturated carbocycles. The van der Waals surface area contributed by atoms with Gasteiger partial charge in [-0.15, -0.1) is 22.7 Å². The molecule has 6 heteroatoms. The molecule has 0 unspecified atom stereocenters. The Labute approximate surface area is 126 Å². The highest BCUT2D eigenvalue weighted by Gasteiger charge is 2.21. The van der Waals surface area contributed by atoms with Gasteiger partial charge in [-0.3, -0.25) is 0 Å². The number of hydrogen-bond donors (Lipinski definition) is 0. The van der Waals surface area contributed by atoms with Crippen LogP contribution in [-0.2, 0) is 4.74 Å². The number of ether oxygens (including phenoxy) is 1. The van der Waals surface area contributed by atoms with Gasteiger partial charge in [0, 0.05) is 29.9 Å². The number of thiophene rings is 2. The van der Waals surface area contributed by atoms with E-state index in [1.807, 2.05) is 41.9 Å². The van der Waals surface area contributed by atoms with Gasteiger partial charge in [-0.2, -0.15) is 0 Å². The largest absolute Gasteiger partial charge is 0.462 e. The number of aliphatic imine (C=N–C) groups is 1. The molecule has 0 saturated heterocycles. The first-order valence-corrected chi connectivity index (χ1v) is 7.92. The number of rotatable bonds is 5. The summed E-state index contributed by atoms with van der Waals surface area (Å²) < 4.78 is 5.16. The lowest BCUT2D eigenvalue weighted by Crippen LogP contribution is -2.08. The molecule has 2 heterocycles. The quantitative estimate of drug-likeness (QED) is 0.478. The normalized spacial score (nSPS) is 10.9. The summed E-state index contributed by atoms with van der Waals surface area (Å²) in [6.45, 7) is 2.16. The third kappa shape index (κ3) is 3.26. The van der Waals surface area contributed by atoms with E-state index in [4.69, 9.17) is 4.74 Å².